The molecule has 1 aromatic heterocycles. The molecule has 1 heterocycles. The van der Waals surface area contributed by atoms with Gasteiger partial charge in [-0.05, 0) is 6.42 Å². The lowest BCUT2D eigenvalue weighted by Gasteiger charge is -1.95. The Bertz CT molecular complexity index is 219. The van der Waals surface area contributed by atoms with Crippen LogP contribution in [0.15, 0.2) is 0 Å². The number of aromatic nitrogens is 3. The number of aryl methyl sites for hydroxylation is 2. The van der Waals surface area contributed by atoms with Crippen LogP contribution in [0.4, 0.5) is 0 Å². The van der Waals surface area contributed by atoms with E-state index in [1.165, 1.54) is 0 Å². The molecule has 10 heavy (non-hydrogen) atoms. The Kier molecular flexibility index (Phi) is 2.01. The minimum atomic E-state index is 0.0205. The summed E-state index contributed by atoms with van der Waals surface area (Å²) in [5, 5.41) is 16.4. The molecule has 0 fully saturated rings. The van der Waals surface area contributed by atoms with Gasteiger partial charge in [-0.15, -0.1) is 5.10 Å². The standard InChI is InChI=1S/C6H11N3O/c1-3-5-6(4-10)9(2)8-7-5/h10H,3-4H2,1-2H3. The number of aliphatic hydroxyl groups excluding tert-OH is 1. The maximum atomic E-state index is 8.82. The molecular formula is C6H11N3O. The van der Waals surface area contributed by atoms with Crippen molar-refractivity contribution in [1.29, 1.82) is 0 Å². The Morgan fingerprint density at radius 2 is 2.30 bits per heavy atom. The third kappa shape index (κ3) is 1.02. The van der Waals surface area contributed by atoms with Gasteiger partial charge in [0.15, 0.2) is 0 Å². The molecule has 56 valence electrons. The summed E-state index contributed by atoms with van der Waals surface area (Å²) in [6.45, 7) is 2.01. The highest BCUT2D eigenvalue weighted by molar-refractivity contribution is 5.07. The second-order valence-electron chi connectivity index (χ2n) is 2.12. The summed E-state index contributed by atoms with van der Waals surface area (Å²) in [5.74, 6) is 0. The van der Waals surface area contributed by atoms with E-state index in [-0.39, 0.29) is 6.61 Å². The van der Waals surface area contributed by atoms with Gasteiger partial charge >= 0.3 is 0 Å². The second-order valence-corrected chi connectivity index (χ2v) is 2.12. The third-order valence-electron chi connectivity index (χ3n) is 1.51. The molecule has 4 nitrogen and oxygen atoms in total. The van der Waals surface area contributed by atoms with Crippen molar-refractivity contribution in [3.8, 4) is 0 Å². The summed E-state index contributed by atoms with van der Waals surface area (Å²) in [6.07, 6.45) is 0.823. The number of aliphatic hydroxyl groups is 1. The summed E-state index contributed by atoms with van der Waals surface area (Å²) >= 11 is 0. The average molecular weight is 141 g/mol. The van der Waals surface area contributed by atoms with E-state index in [1.807, 2.05) is 6.92 Å². The fourth-order valence-electron chi connectivity index (χ4n) is 0.888. The van der Waals surface area contributed by atoms with E-state index < -0.39 is 0 Å². The van der Waals surface area contributed by atoms with E-state index in [9.17, 15) is 0 Å². The maximum absolute atomic E-state index is 8.82. The van der Waals surface area contributed by atoms with Crippen LogP contribution < -0.4 is 0 Å². The zero-order valence-corrected chi connectivity index (χ0v) is 6.20. The molecule has 1 N–H and O–H groups in total. The summed E-state index contributed by atoms with van der Waals surface area (Å²) in [4.78, 5) is 0. The lowest BCUT2D eigenvalue weighted by molar-refractivity contribution is 0.269. The first-order valence-electron chi connectivity index (χ1n) is 3.27. The highest BCUT2D eigenvalue weighted by Gasteiger charge is 2.05. The Balaban J connectivity index is 3.01. The van der Waals surface area contributed by atoms with Crippen molar-refractivity contribution in [3.63, 3.8) is 0 Å². The number of hydrogen-bond acceptors (Lipinski definition) is 3. The molecule has 0 aliphatic carbocycles. The van der Waals surface area contributed by atoms with Crippen LogP contribution >= 0.6 is 0 Å². The Hall–Kier alpha value is -0.900. The van der Waals surface area contributed by atoms with E-state index in [2.05, 4.69) is 10.3 Å². The molecule has 4 heteroatoms. The van der Waals surface area contributed by atoms with Crippen LogP contribution in [0.25, 0.3) is 0 Å². The van der Waals surface area contributed by atoms with Crippen LogP contribution in [-0.2, 0) is 20.1 Å². The van der Waals surface area contributed by atoms with Crippen LogP contribution in [0, 0.1) is 0 Å². The van der Waals surface area contributed by atoms with E-state index >= 15 is 0 Å². The van der Waals surface area contributed by atoms with Crippen LogP contribution in [0.3, 0.4) is 0 Å². The Morgan fingerprint density at radius 1 is 1.60 bits per heavy atom. The Labute approximate surface area is 59.5 Å². The van der Waals surface area contributed by atoms with Gasteiger partial charge in [0.2, 0.25) is 0 Å². The zero-order valence-electron chi connectivity index (χ0n) is 6.20. The zero-order chi connectivity index (χ0) is 7.56. The SMILES string of the molecule is CCc1nnn(C)c1CO. The van der Waals surface area contributed by atoms with Gasteiger partial charge in [0.05, 0.1) is 18.0 Å². The van der Waals surface area contributed by atoms with Crippen molar-refractivity contribution in [2.75, 3.05) is 0 Å². The van der Waals surface area contributed by atoms with Crippen LogP contribution in [0.1, 0.15) is 18.3 Å². The molecule has 0 aliphatic heterocycles. The predicted octanol–water partition coefficient (Wildman–Crippen LogP) is -0.130. The van der Waals surface area contributed by atoms with Crippen LogP contribution in [-0.4, -0.2) is 20.1 Å². The molecule has 1 aromatic rings. The number of rotatable bonds is 2. The van der Waals surface area contributed by atoms with Gasteiger partial charge in [-0.3, -0.25) is 0 Å². The minimum absolute atomic E-state index is 0.0205. The van der Waals surface area contributed by atoms with Gasteiger partial charge in [0.1, 0.15) is 0 Å². The molecule has 0 atom stereocenters. The van der Waals surface area contributed by atoms with Gasteiger partial charge in [0, 0.05) is 7.05 Å². The van der Waals surface area contributed by atoms with Crippen molar-refractivity contribution >= 4 is 0 Å². The summed E-state index contributed by atoms with van der Waals surface area (Å²) in [6, 6.07) is 0. The lowest BCUT2D eigenvalue weighted by Crippen LogP contribution is -1.99. The van der Waals surface area contributed by atoms with Crippen molar-refractivity contribution in [3.05, 3.63) is 11.4 Å². The van der Waals surface area contributed by atoms with Gasteiger partial charge < -0.3 is 5.11 Å². The van der Waals surface area contributed by atoms with Crippen molar-refractivity contribution in [2.45, 2.75) is 20.0 Å². The highest BCUT2D eigenvalue weighted by atomic mass is 16.3. The second kappa shape index (κ2) is 2.79. The van der Waals surface area contributed by atoms with E-state index in [0.717, 1.165) is 17.8 Å². The van der Waals surface area contributed by atoms with Gasteiger partial charge in [-0.25, -0.2) is 4.68 Å². The van der Waals surface area contributed by atoms with Gasteiger partial charge in [-0.2, -0.15) is 0 Å². The summed E-state index contributed by atoms with van der Waals surface area (Å²) in [5.41, 5.74) is 1.69. The molecule has 0 radical (unpaired) electrons. The Morgan fingerprint density at radius 3 is 2.70 bits per heavy atom. The normalized spacial score (nSPS) is 10.3. The molecule has 0 saturated heterocycles. The largest absolute Gasteiger partial charge is 0.390 e. The average Bonchev–Trinajstić information content (AvgIpc) is 2.30. The molecule has 0 bridgehead atoms. The van der Waals surface area contributed by atoms with Crippen molar-refractivity contribution in [1.82, 2.24) is 15.0 Å². The quantitative estimate of drug-likeness (QED) is 0.624. The molecule has 0 aromatic carbocycles. The molecule has 0 spiro atoms. The smallest absolute Gasteiger partial charge is 0.0880 e. The maximum Gasteiger partial charge on any atom is 0.0880 e. The number of hydrogen-bond donors (Lipinski definition) is 1. The van der Waals surface area contributed by atoms with E-state index in [1.54, 1.807) is 11.7 Å². The molecule has 0 unspecified atom stereocenters. The van der Waals surface area contributed by atoms with E-state index in [0.29, 0.717) is 0 Å². The monoisotopic (exact) mass is 141 g/mol. The summed E-state index contributed by atoms with van der Waals surface area (Å²) in [7, 11) is 1.78. The number of nitrogens with zero attached hydrogens (tertiary/aromatic N) is 3. The predicted molar refractivity (Wildman–Crippen MR) is 36.3 cm³/mol. The first-order valence-corrected chi connectivity index (χ1v) is 3.27. The van der Waals surface area contributed by atoms with Crippen LogP contribution in [0.2, 0.25) is 0 Å². The van der Waals surface area contributed by atoms with Gasteiger partial charge in [-0.1, -0.05) is 12.1 Å². The molecule has 0 aliphatic rings. The lowest BCUT2D eigenvalue weighted by atomic mass is 10.3. The summed E-state index contributed by atoms with van der Waals surface area (Å²) < 4.78 is 1.60. The van der Waals surface area contributed by atoms with E-state index in [4.69, 9.17) is 5.11 Å². The fraction of sp³-hybridized carbons (Fsp3) is 0.667. The van der Waals surface area contributed by atoms with Crippen molar-refractivity contribution < 1.29 is 5.11 Å². The third-order valence-corrected chi connectivity index (χ3v) is 1.51. The fourth-order valence-corrected chi connectivity index (χ4v) is 0.888. The molecule has 1 rings (SSSR count). The molecular weight excluding hydrogens is 130 g/mol. The minimum Gasteiger partial charge on any atom is -0.390 e. The van der Waals surface area contributed by atoms with Gasteiger partial charge in [0.25, 0.3) is 0 Å². The molecule has 0 amide bonds. The first-order chi connectivity index (χ1) is 4.79. The topological polar surface area (TPSA) is 50.9 Å². The highest BCUT2D eigenvalue weighted by Crippen LogP contribution is 2.03. The van der Waals surface area contributed by atoms with Crippen molar-refractivity contribution in [2.24, 2.45) is 7.05 Å². The molecule has 0 saturated carbocycles. The van der Waals surface area contributed by atoms with Crippen LogP contribution in [0.5, 0.6) is 0 Å². The first kappa shape index (κ1) is 7.21.